The van der Waals surface area contributed by atoms with Crippen molar-refractivity contribution < 1.29 is 0 Å². The van der Waals surface area contributed by atoms with E-state index in [-0.39, 0.29) is 0 Å². The third-order valence-corrected chi connectivity index (χ3v) is 5.55. The summed E-state index contributed by atoms with van der Waals surface area (Å²) in [6, 6.07) is 0. The van der Waals surface area contributed by atoms with Crippen LogP contribution in [0.2, 0.25) is 0 Å². The number of hydrogen-bond donors (Lipinski definition) is 0. The molecule has 0 aromatic carbocycles. The molecule has 13 heavy (non-hydrogen) atoms. The molecule has 3 atom stereocenters. The van der Waals surface area contributed by atoms with Crippen molar-refractivity contribution in [2.45, 2.75) is 48.0 Å². The lowest BCUT2D eigenvalue weighted by molar-refractivity contribution is -0.0288. The zero-order valence-corrected chi connectivity index (χ0v) is 9.86. The first-order valence-corrected chi connectivity index (χ1v) is 5.51. The fraction of sp³-hybridized carbons (Fsp3) is 0.846. The van der Waals surface area contributed by atoms with Gasteiger partial charge in [-0.25, -0.2) is 0 Å². The molecule has 0 N–H and O–H groups in total. The zero-order chi connectivity index (χ0) is 10.0. The van der Waals surface area contributed by atoms with Gasteiger partial charge in [0.1, 0.15) is 0 Å². The van der Waals surface area contributed by atoms with Crippen LogP contribution in [-0.4, -0.2) is 0 Å². The maximum absolute atomic E-state index is 2.47. The molecular formula is C13H22. The third kappa shape index (κ3) is 0.782. The van der Waals surface area contributed by atoms with E-state index in [0.717, 1.165) is 11.8 Å². The molecule has 0 radical (unpaired) electrons. The fourth-order valence-electron chi connectivity index (χ4n) is 3.85. The fourth-order valence-corrected chi connectivity index (χ4v) is 3.85. The average Bonchev–Trinajstić information content (AvgIpc) is 2.17. The summed E-state index contributed by atoms with van der Waals surface area (Å²) in [6.45, 7) is 14.4. The second kappa shape index (κ2) is 2.21. The highest BCUT2D eigenvalue weighted by Crippen LogP contribution is 2.69. The molecule has 0 aromatic rings. The minimum Gasteiger partial charge on any atom is -0.0679 e. The molecule has 74 valence electrons. The summed E-state index contributed by atoms with van der Waals surface area (Å²) in [5.74, 6) is 1.81. The number of rotatable bonds is 0. The van der Waals surface area contributed by atoms with Crippen molar-refractivity contribution in [3.63, 3.8) is 0 Å². The molecular weight excluding hydrogens is 156 g/mol. The summed E-state index contributed by atoms with van der Waals surface area (Å²) >= 11 is 0. The molecule has 1 fully saturated rings. The van der Waals surface area contributed by atoms with E-state index in [1.54, 1.807) is 11.1 Å². The minimum absolute atomic E-state index is 0.464. The molecule has 2 aliphatic carbocycles. The molecule has 0 heterocycles. The summed E-state index contributed by atoms with van der Waals surface area (Å²) in [7, 11) is 0. The smallest absolute Gasteiger partial charge is 0.00541 e. The molecule has 0 amide bonds. The van der Waals surface area contributed by atoms with Crippen LogP contribution in [0.3, 0.4) is 0 Å². The summed E-state index contributed by atoms with van der Waals surface area (Å²) in [4.78, 5) is 0. The number of allylic oxidation sites excluding steroid dienone is 2. The SMILES string of the molecule is CC1=C(C)C2(C)C(C)CC2C1(C)C. The van der Waals surface area contributed by atoms with Crippen LogP contribution in [0.1, 0.15) is 48.0 Å². The highest BCUT2D eigenvalue weighted by molar-refractivity contribution is 5.37. The van der Waals surface area contributed by atoms with Crippen LogP contribution in [0.5, 0.6) is 0 Å². The molecule has 0 aromatic heterocycles. The summed E-state index contributed by atoms with van der Waals surface area (Å²) < 4.78 is 0. The van der Waals surface area contributed by atoms with Crippen molar-refractivity contribution in [1.82, 2.24) is 0 Å². The predicted octanol–water partition coefficient (Wildman–Crippen LogP) is 4.02. The van der Waals surface area contributed by atoms with Gasteiger partial charge < -0.3 is 0 Å². The van der Waals surface area contributed by atoms with Crippen molar-refractivity contribution in [3.8, 4) is 0 Å². The predicted molar refractivity (Wildman–Crippen MR) is 57.5 cm³/mol. The Hall–Kier alpha value is -0.260. The van der Waals surface area contributed by atoms with Crippen molar-refractivity contribution in [2.75, 3.05) is 0 Å². The van der Waals surface area contributed by atoms with Crippen LogP contribution < -0.4 is 0 Å². The van der Waals surface area contributed by atoms with E-state index in [1.807, 2.05) is 0 Å². The van der Waals surface area contributed by atoms with E-state index in [0.29, 0.717) is 10.8 Å². The highest BCUT2D eigenvalue weighted by Gasteiger charge is 2.60. The number of fused-ring (bicyclic) bond motifs is 1. The van der Waals surface area contributed by atoms with Gasteiger partial charge in [0.2, 0.25) is 0 Å². The van der Waals surface area contributed by atoms with Crippen LogP contribution in [0, 0.1) is 22.7 Å². The van der Waals surface area contributed by atoms with Gasteiger partial charge in [-0.2, -0.15) is 0 Å². The van der Waals surface area contributed by atoms with Gasteiger partial charge in [-0.3, -0.25) is 0 Å². The van der Waals surface area contributed by atoms with Crippen molar-refractivity contribution >= 4 is 0 Å². The van der Waals surface area contributed by atoms with Crippen molar-refractivity contribution in [3.05, 3.63) is 11.1 Å². The van der Waals surface area contributed by atoms with Gasteiger partial charge in [0.05, 0.1) is 0 Å². The van der Waals surface area contributed by atoms with Gasteiger partial charge in [0.15, 0.2) is 0 Å². The maximum Gasteiger partial charge on any atom is -0.00541 e. The Morgan fingerprint density at radius 3 is 1.92 bits per heavy atom. The first-order chi connectivity index (χ1) is 5.83. The van der Waals surface area contributed by atoms with Gasteiger partial charge >= 0.3 is 0 Å². The standard InChI is InChI=1S/C13H22/c1-8-7-11-12(4,5)9(2)10(3)13(8,11)6/h8,11H,7H2,1-6H3. The maximum atomic E-state index is 2.47. The van der Waals surface area contributed by atoms with Gasteiger partial charge in [-0.1, -0.05) is 38.8 Å². The zero-order valence-electron chi connectivity index (χ0n) is 9.86. The summed E-state index contributed by atoms with van der Waals surface area (Å²) in [5.41, 5.74) is 4.34. The molecule has 0 saturated heterocycles. The Morgan fingerprint density at radius 2 is 1.62 bits per heavy atom. The monoisotopic (exact) mass is 178 g/mol. The average molecular weight is 178 g/mol. The Morgan fingerprint density at radius 1 is 1.08 bits per heavy atom. The highest BCUT2D eigenvalue weighted by atomic mass is 14.6. The topological polar surface area (TPSA) is 0 Å². The van der Waals surface area contributed by atoms with E-state index in [2.05, 4.69) is 41.5 Å². The van der Waals surface area contributed by atoms with E-state index >= 15 is 0 Å². The summed E-state index contributed by atoms with van der Waals surface area (Å²) in [5, 5.41) is 0. The molecule has 3 unspecified atom stereocenters. The normalized spacial score (nSPS) is 47.5. The van der Waals surface area contributed by atoms with Crippen LogP contribution in [-0.2, 0) is 0 Å². The second-order valence-corrected chi connectivity index (χ2v) is 5.94. The van der Waals surface area contributed by atoms with Crippen LogP contribution in [0.25, 0.3) is 0 Å². The Balaban J connectivity index is 2.49. The molecule has 2 aliphatic rings. The van der Waals surface area contributed by atoms with Gasteiger partial charge in [-0.05, 0) is 42.9 Å². The van der Waals surface area contributed by atoms with Crippen molar-refractivity contribution in [1.29, 1.82) is 0 Å². The Bertz CT molecular complexity index is 282. The molecule has 0 spiro atoms. The van der Waals surface area contributed by atoms with Gasteiger partial charge in [-0.15, -0.1) is 0 Å². The number of hydrogen-bond acceptors (Lipinski definition) is 0. The first-order valence-electron chi connectivity index (χ1n) is 5.51. The van der Waals surface area contributed by atoms with E-state index in [1.165, 1.54) is 6.42 Å². The minimum atomic E-state index is 0.464. The van der Waals surface area contributed by atoms with Crippen LogP contribution in [0.4, 0.5) is 0 Å². The lowest BCUT2D eigenvalue weighted by Crippen LogP contribution is -2.48. The second-order valence-electron chi connectivity index (χ2n) is 5.94. The third-order valence-electron chi connectivity index (χ3n) is 5.55. The summed E-state index contributed by atoms with van der Waals surface area (Å²) in [6.07, 6.45) is 1.43. The Labute approximate surface area is 82.4 Å². The Kier molecular flexibility index (Phi) is 1.58. The molecule has 0 heteroatoms. The van der Waals surface area contributed by atoms with Gasteiger partial charge in [0, 0.05) is 0 Å². The van der Waals surface area contributed by atoms with E-state index < -0.39 is 0 Å². The van der Waals surface area contributed by atoms with E-state index in [4.69, 9.17) is 0 Å². The quantitative estimate of drug-likeness (QED) is 0.491. The molecule has 0 aliphatic heterocycles. The van der Waals surface area contributed by atoms with Crippen LogP contribution >= 0.6 is 0 Å². The van der Waals surface area contributed by atoms with Crippen LogP contribution in [0.15, 0.2) is 11.1 Å². The first kappa shape index (κ1) is 9.30. The van der Waals surface area contributed by atoms with E-state index in [9.17, 15) is 0 Å². The molecule has 1 saturated carbocycles. The lowest BCUT2D eigenvalue weighted by Gasteiger charge is -2.54. The molecule has 0 bridgehead atoms. The van der Waals surface area contributed by atoms with Gasteiger partial charge in [0.25, 0.3) is 0 Å². The largest absolute Gasteiger partial charge is 0.0679 e. The van der Waals surface area contributed by atoms with Crippen molar-refractivity contribution in [2.24, 2.45) is 22.7 Å². The molecule has 0 nitrogen and oxygen atoms in total. The molecule has 2 rings (SSSR count). The lowest BCUT2D eigenvalue weighted by atomic mass is 9.49.